The second-order valence-electron chi connectivity index (χ2n) is 4.36. The van der Waals surface area contributed by atoms with Crippen LogP contribution in [0.4, 0.5) is 8.78 Å². The Morgan fingerprint density at radius 2 is 1.86 bits per heavy atom. The third kappa shape index (κ3) is 3.07. The number of aromatic nitrogens is 3. The summed E-state index contributed by atoms with van der Waals surface area (Å²) in [5.74, 6) is 0. The third-order valence-electron chi connectivity index (χ3n) is 2.99. The molecule has 0 amide bonds. The number of fused-ring (bicyclic) bond motifs is 1. The van der Waals surface area contributed by atoms with Crippen LogP contribution in [0.15, 0.2) is 42.7 Å². The topological polar surface area (TPSA) is 30.7 Å². The van der Waals surface area contributed by atoms with Gasteiger partial charge in [-0.05, 0) is 36.8 Å². The molecule has 1 aromatic carbocycles. The van der Waals surface area contributed by atoms with Gasteiger partial charge in [0, 0.05) is 17.1 Å². The minimum Gasteiger partial charge on any atom is -0.256 e. The Morgan fingerprint density at radius 3 is 2.52 bits per heavy atom. The van der Waals surface area contributed by atoms with Crippen LogP contribution in [0.25, 0.3) is 22.2 Å². The summed E-state index contributed by atoms with van der Waals surface area (Å²) in [7, 11) is 0. The zero-order chi connectivity index (χ0) is 15.4. The zero-order valence-electron chi connectivity index (χ0n) is 12.2. The molecule has 0 fully saturated rings. The van der Waals surface area contributed by atoms with Gasteiger partial charge in [-0.15, -0.1) is 0 Å². The number of hydrogen-bond acceptors (Lipinski definition) is 2. The summed E-state index contributed by atoms with van der Waals surface area (Å²) >= 11 is 0. The molecule has 21 heavy (non-hydrogen) atoms. The van der Waals surface area contributed by atoms with E-state index in [0.717, 1.165) is 16.8 Å². The fourth-order valence-electron chi connectivity index (χ4n) is 2.06. The van der Waals surface area contributed by atoms with E-state index in [9.17, 15) is 8.78 Å². The molecule has 0 bridgehead atoms. The number of pyridine rings is 1. The maximum absolute atomic E-state index is 12.7. The molecule has 0 aliphatic rings. The van der Waals surface area contributed by atoms with Crippen molar-refractivity contribution in [2.45, 2.75) is 27.3 Å². The Balaban J connectivity index is 0.000000774. The van der Waals surface area contributed by atoms with Gasteiger partial charge in [-0.1, -0.05) is 19.9 Å². The quantitative estimate of drug-likeness (QED) is 0.676. The van der Waals surface area contributed by atoms with Crippen LogP contribution < -0.4 is 0 Å². The maximum Gasteiger partial charge on any atom is 0.333 e. The molecule has 0 N–H and O–H groups in total. The molecule has 0 saturated carbocycles. The molecule has 0 atom stereocenters. The molecule has 0 unspecified atom stereocenters. The van der Waals surface area contributed by atoms with Crippen LogP contribution in [-0.2, 0) is 0 Å². The molecule has 2 aromatic heterocycles. The van der Waals surface area contributed by atoms with E-state index in [4.69, 9.17) is 0 Å². The summed E-state index contributed by atoms with van der Waals surface area (Å²) < 4.78 is 26.1. The lowest BCUT2D eigenvalue weighted by Gasteiger charge is -2.04. The second kappa shape index (κ2) is 6.43. The fourth-order valence-corrected chi connectivity index (χ4v) is 2.06. The first-order valence-corrected chi connectivity index (χ1v) is 6.83. The van der Waals surface area contributed by atoms with Gasteiger partial charge >= 0.3 is 6.55 Å². The molecular formula is C16H17F2N3. The van der Waals surface area contributed by atoms with Gasteiger partial charge in [0.15, 0.2) is 0 Å². The SMILES string of the molecule is CC.Cc1ccnc(-c2ccc3c(cnn3C(F)F)c2)c1. The van der Waals surface area contributed by atoms with Crippen molar-refractivity contribution in [2.75, 3.05) is 0 Å². The Kier molecular flexibility index (Phi) is 4.62. The van der Waals surface area contributed by atoms with Crippen LogP contribution in [0, 0.1) is 6.92 Å². The molecule has 0 spiro atoms. The number of aryl methyl sites for hydroxylation is 1. The highest BCUT2D eigenvalue weighted by atomic mass is 19.3. The van der Waals surface area contributed by atoms with Crippen molar-refractivity contribution >= 4 is 10.9 Å². The van der Waals surface area contributed by atoms with E-state index in [1.165, 1.54) is 6.20 Å². The lowest BCUT2D eigenvalue weighted by Crippen LogP contribution is -1.99. The molecule has 0 radical (unpaired) electrons. The van der Waals surface area contributed by atoms with Crippen LogP contribution in [0.2, 0.25) is 0 Å². The molecule has 3 aromatic rings. The minimum absolute atomic E-state index is 0.423. The average molecular weight is 289 g/mol. The third-order valence-corrected chi connectivity index (χ3v) is 2.99. The van der Waals surface area contributed by atoms with Crippen molar-refractivity contribution in [1.29, 1.82) is 0 Å². The molecule has 0 saturated heterocycles. The Labute approximate surface area is 122 Å². The largest absolute Gasteiger partial charge is 0.333 e. The van der Waals surface area contributed by atoms with Crippen LogP contribution in [0.5, 0.6) is 0 Å². The smallest absolute Gasteiger partial charge is 0.256 e. The number of hydrogen-bond donors (Lipinski definition) is 0. The molecule has 5 heteroatoms. The maximum atomic E-state index is 12.7. The van der Waals surface area contributed by atoms with E-state index in [-0.39, 0.29) is 0 Å². The van der Waals surface area contributed by atoms with Gasteiger partial charge in [-0.25, -0.2) is 4.68 Å². The van der Waals surface area contributed by atoms with E-state index < -0.39 is 6.55 Å². The number of benzene rings is 1. The van der Waals surface area contributed by atoms with E-state index in [1.807, 2.05) is 39.0 Å². The van der Waals surface area contributed by atoms with Gasteiger partial charge in [0.05, 0.1) is 17.4 Å². The van der Waals surface area contributed by atoms with E-state index in [1.54, 1.807) is 18.3 Å². The molecule has 0 aliphatic carbocycles. The summed E-state index contributed by atoms with van der Waals surface area (Å²) in [6.45, 7) is 3.36. The predicted molar refractivity (Wildman–Crippen MR) is 80.3 cm³/mol. The first-order valence-electron chi connectivity index (χ1n) is 6.83. The molecular weight excluding hydrogens is 272 g/mol. The first kappa shape index (κ1) is 15.1. The van der Waals surface area contributed by atoms with Crippen molar-refractivity contribution in [1.82, 2.24) is 14.8 Å². The van der Waals surface area contributed by atoms with E-state index >= 15 is 0 Å². The normalized spacial score (nSPS) is 10.6. The highest BCUT2D eigenvalue weighted by molar-refractivity contribution is 5.84. The fraction of sp³-hybridized carbons (Fsp3) is 0.250. The minimum atomic E-state index is -2.62. The average Bonchev–Trinajstić information content (AvgIpc) is 2.92. The van der Waals surface area contributed by atoms with Crippen molar-refractivity contribution < 1.29 is 8.78 Å². The van der Waals surface area contributed by atoms with Gasteiger partial charge in [0.25, 0.3) is 0 Å². The van der Waals surface area contributed by atoms with Crippen molar-refractivity contribution in [3.05, 3.63) is 48.3 Å². The van der Waals surface area contributed by atoms with Crippen LogP contribution in [-0.4, -0.2) is 14.8 Å². The highest BCUT2D eigenvalue weighted by Gasteiger charge is 2.11. The highest BCUT2D eigenvalue weighted by Crippen LogP contribution is 2.25. The molecule has 110 valence electrons. The number of nitrogens with zero attached hydrogens (tertiary/aromatic N) is 3. The van der Waals surface area contributed by atoms with Crippen LogP contribution in [0.1, 0.15) is 26.0 Å². The summed E-state index contributed by atoms with van der Waals surface area (Å²) in [6.07, 6.45) is 3.18. The van der Waals surface area contributed by atoms with Crippen molar-refractivity contribution in [3.63, 3.8) is 0 Å². The molecule has 2 heterocycles. The summed E-state index contributed by atoms with van der Waals surface area (Å²) in [5, 5.41) is 4.37. The standard InChI is InChI=1S/C14H11F2N3.C2H6/c1-9-4-5-17-12(6-9)10-2-3-13-11(7-10)8-18-19(13)14(15)16;1-2/h2-8,14H,1H3;1-2H3. The Bertz CT molecular complexity index is 735. The van der Waals surface area contributed by atoms with Gasteiger partial charge in [-0.3, -0.25) is 4.98 Å². The zero-order valence-corrected chi connectivity index (χ0v) is 12.2. The Morgan fingerprint density at radius 1 is 1.10 bits per heavy atom. The summed E-state index contributed by atoms with van der Waals surface area (Å²) in [5.41, 5.74) is 3.25. The van der Waals surface area contributed by atoms with Crippen LogP contribution in [0.3, 0.4) is 0 Å². The summed E-state index contributed by atoms with van der Waals surface area (Å²) in [4.78, 5) is 4.28. The van der Waals surface area contributed by atoms with E-state index in [2.05, 4.69) is 10.1 Å². The number of halogens is 2. The lowest BCUT2D eigenvalue weighted by atomic mass is 10.1. The predicted octanol–water partition coefficient (Wildman–Crippen LogP) is 4.83. The van der Waals surface area contributed by atoms with Gasteiger partial charge in [-0.2, -0.15) is 13.9 Å². The second-order valence-corrected chi connectivity index (χ2v) is 4.36. The van der Waals surface area contributed by atoms with E-state index in [0.29, 0.717) is 15.6 Å². The van der Waals surface area contributed by atoms with Crippen molar-refractivity contribution in [3.8, 4) is 11.3 Å². The van der Waals surface area contributed by atoms with Crippen molar-refractivity contribution in [2.24, 2.45) is 0 Å². The van der Waals surface area contributed by atoms with Gasteiger partial charge in [0.1, 0.15) is 0 Å². The molecule has 0 aliphatic heterocycles. The van der Waals surface area contributed by atoms with Crippen LogP contribution >= 0.6 is 0 Å². The molecule has 3 rings (SSSR count). The number of alkyl halides is 2. The lowest BCUT2D eigenvalue weighted by molar-refractivity contribution is 0.0615. The summed E-state index contributed by atoms with van der Waals surface area (Å²) in [6, 6.07) is 9.12. The van der Waals surface area contributed by atoms with Gasteiger partial charge < -0.3 is 0 Å². The molecule has 3 nitrogen and oxygen atoms in total. The monoisotopic (exact) mass is 289 g/mol. The Hall–Kier alpha value is -2.30. The van der Waals surface area contributed by atoms with Gasteiger partial charge in [0.2, 0.25) is 0 Å². The first-order chi connectivity index (χ1) is 10.1. The number of rotatable bonds is 2.